The maximum Gasteiger partial charge on any atom is 0.272 e. The van der Waals surface area contributed by atoms with Crippen molar-refractivity contribution >= 4 is 28.2 Å². The summed E-state index contributed by atoms with van der Waals surface area (Å²) in [7, 11) is 0. The van der Waals surface area contributed by atoms with E-state index in [0.29, 0.717) is 55.3 Å². The van der Waals surface area contributed by atoms with Crippen molar-refractivity contribution in [1.82, 2.24) is 20.1 Å². The van der Waals surface area contributed by atoms with E-state index in [-0.39, 0.29) is 17.0 Å². The van der Waals surface area contributed by atoms with Crippen LogP contribution in [0.3, 0.4) is 0 Å². The summed E-state index contributed by atoms with van der Waals surface area (Å²) in [5, 5.41) is 20.6. The number of nitriles is 1. The van der Waals surface area contributed by atoms with E-state index in [1.54, 1.807) is 35.2 Å². The van der Waals surface area contributed by atoms with Gasteiger partial charge in [-0.25, -0.2) is 14.5 Å². The Labute approximate surface area is 230 Å². The van der Waals surface area contributed by atoms with Crippen LogP contribution >= 0.6 is 0 Å². The number of fused-ring (bicyclic) bond motifs is 1. The number of carbonyl (C=O) groups excluding carboxylic acids is 1. The van der Waals surface area contributed by atoms with Crippen LogP contribution in [-0.2, 0) is 6.42 Å². The molecule has 1 saturated carbocycles. The zero-order valence-corrected chi connectivity index (χ0v) is 21.9. The summed E-state index contributed by atoms with van der Waals surface area (Å²) in [6.45, 7) is 1.95. The van der Waals surface area contributed by atoms with E-state index in [9.17, 15) is 14.0 Å². The number of H-pyrrole nitrogens is 1. The van der Waals surface area contributed by atoms with Gasteiger partial charge in [-0.3, -0.25) is 9.59 Å². The molecule has 0 spiro atoms. The van der Waals surface area contributed by atoms with Crippen LogP contribution in [0.1, 0.15) is 46.4 Å². The Morgan fingerprint density at radius 2 is 1.90 bits per heavy atom. The van der Waals surface area contributed by atoms with Crippen molar-refractivity contribution in [3.63, 3.8) is 0 Å². The molecule has 0 unspecified atom stereocenters. The van der Waals surface area contributed by atoms with Gasteiger partial charge >= 0.3 is 0 Å². The number of halogens is 1. The summed E-state index contributed by atoms with van der Waals surface area (Å²) < 4.78 is 14.9. The fourth-order valence-corrected chi connectivity index (χ4v) is 5.22. The number of rotatable bonds is 6. The molecule has 6 rings (SSSR count). The van der Waals surface area contributed by atoms with Gasteiger partial charge in [0, 0.05) is 55.9 Å². The Kier molecular flexibility index (Phi) is 6.86. The predicted octanol–water partition coefficient (Wildman–Crippen LogP) is 3.85. The lowest BCUT2D eigenvalue weighted by atomic mass is 9.93. The first-order chi connectivity index (χ1) is 19.5. The van der Waals surface area contributed by atoms with Gasteiger partial charge in [-0.05, 0) is 67.3 Å². The zero-order valence-electron chi connectivity index (χ0n) is 21.9. The van der Waals surface area contributed by atoms with Gasteiger partial charge in [0.05, 0.1) is 22.2 Å². The molecular formula is C30H28FN7O2. The number of pyridine rings is 1. The summed E-state index contributed by atoms with van der Waals surface area (Å²) in [5.41, 5.74) is 2.56. The van der Waals surface area contributed by atoms with Gasteiger partial charge in [-0.1, -0.05) is 6.07 Å². The van der Waals surface area contributed by atoms with Crippen LogP contribution in [0.2, 0.25) is 0 Å². The number of hydrogen-bond donors (Lipinski definition) is 2. The number of aromatic amines is 1. The number of benzene rings is 2. The molecule has 1 aliphatic carbocycles. The van der Waals surface area contributed by atoms with Gasteiger partial charge in [0.15, 0.2) is 0 Å². The standard InChI is InChI=1S/C30H28FN7O2/c31-26-8-4-19(15-27-24-16-22(34-21-2-1-3-21)6-7-23(24)29(39)36-35-27)14-25(26)30(40)38-12-10-37(11-13-38)28-9-5-20(17-32)18-33-28/h4-9,14,16,18,21,34H,1-3,10-13,15H2,(H,36,39). The van der Waals surface area contributed by atoms with Gasteiger partial charge in [0.1, 0.15) is 17.7 Å². The van der Waals surface area contributed by atoms with Gasteiger partial charge in [-0.15, -0.1) is 0 Å². The minimum absolute atomic E-state index is 0.0171. The maximum absolute atomic E-state index is 14.9. The van der Waals surface area contributed by atoms with E-state index < -0.39 is 5.82 Å². The third kappa shape index (κ3) is 5.10. The monoisotopic (exact) mass is 537 g/mol. The van der Waals surface area contributed by atoms with Crippen LogP contribution in [0, 0.1) is 17.1 Å². The Morgan fingerprint density at radius 1 is 1.07 bits per heavy atom. The van der Waals surface area contributed by atoms with Gasteiger partial charge in [0.25, 0.3) is 11.5 Å². The minimum Gasteiger partial charge on any atom is -0.382 e. The topological polar surface area (TPSA) is 118 Å². The summed E-state index contributed by atoms with van der Waals surface area (Å²) in [6, 6.07) is 16.2. The number of nitrogens with one attached hydrogen (secondary N) is 2. The number of anilines is 2. The third-order valence-electron chi connectivity index (χ3n) is 7.74. The summed E-state index contributed by atoms with van der Waals surface area (Å²) in [5.74, 6) is -0.194. The van der Waals surface area contributed by atoms with E-state index in [0.717, 1.165) is 35.3 Å². The Hall–Kier alpha value is -4.78. The second-order valence-electron chi connectivity index (χ2n) is 10.3. The molecule has 2 aromatic carbocycles. The fourth-order valence-electron chi connectivity index (χ4n) is 5.22. The molecule has 1 saturated heterocycles. The Bertz CT molecular complexity index is 1670. The van der Waals surface area contributed by atoms with Crippen LogP contribution < -0.4 is 15.8 Å². The molecule has 202 valence electrons. The molecule has 10 heteroatoms. The molecule has 1 amide bonds. The van der Waals surface area contributed by atoms with E-state index in [2.05, 4.69) is 26.6 Å². The van der Waals surface area contributed by atoms with Crippen LogP contribution in [0.4, 0.5) is 15.9 Å². The number of hydrogen-bond acceptors (Lipinski definition) is 7. The van der Waals surface area contributed by atoms with Crippen LogP contribution in [-0.4, -0.2) is 58.2 Å². The average Bonchev–Trinajstić information content (AvgIpc) is 2.97. The molecule has 0 radical (unpaired) electrons. The average molecular weight is 538 g/mol. The second-order valence-corrected chi connectivity index (χ2v) is 10.3. The molecule has 40 heavy (non-hydrogen) atoms. The van der Waals surface area contributed by atoms with Gasteiger partial charge in [0.2, 0.25) is 0 Å². The first kappa shape index (κ1) is 25.5. The highest BCUT2D eigenvalue weighted by Crippen LogP contribution is 2.27. The molecule has 2 N–H and O–H groups in total. The normalized spacial score (nSPS) is 15.5. The summed E-state index contributed by atoms with van der Waals surface area (Å²) in [4.78, 5) is 33.8. The Morgan fingerprint density at radius 3 is 2.60 bits per heavy atom. The molecule has 2 aromatic heterocycles. The van der Waals surface area contributed by atoms with Crippen molar-refractivity contribution in [2.24, 2.45) is 0 Å². The van der Waals surface area contributed by atoms with Crippen molar-refractivity contribution in [2.45, 2.75) is 31.7 Å². The van der Waals surface area contributed by atoms with E-state index >= 15 is 0 Å². The molecule has 0 bridgehead atoms. The highest BCUT2D eigenvalue weighted by molar-refractivity contribution is 5.95. The molecule has 1 aliphatic heterocycles. The number of aromatic nitrogens is 3. The SMILES string of the molecule is N#Cc1ccc(N2CCN(C(=O)c3cc(Cc4n[nH]c(=O)c5ccc(NC6CCC6)cc45)ccc3F)CC2)nc1. The van der Waals surface area contributed by atoms with Crippen molar-refractivity contribution in [3.05, 3.63) is 93.3 Å². The van der Waals surface area contributed by atoms with Crippen LogP contribution in [0.5, 0.6) is 0 Å². The number of carbonyl (C=O) groups is 1. The lowest BCUT2D eigenvalue weighted by Gasteiger charge is -2.35. The smallest absolute Gasteiger partial charge is 0.272 e. The first-order valence-corrected chi connectivity index (χ1v) is 13.4. The molecule has 2 fully saturated rings. The molecule has 3 heterocycles. The van der Waals surface area contributed by atoms with E-state index in [1.807, 2.05) is 17.0 Å². The summed E-state index contributed by atoms with van der Waals surface area (Å²) >= 11 is 0. The summed E-state index contributed by atoms with van der Waals surface area (Å²) in [6.07, 6.45) is 5.34. The second kappa shape index (κ2) is 10.8. The lowest BCUT2D eigenvalue weighted by Crippen LogP contribution is -2.49. The quantitative estimate of drug-likeness (QED) is 0.384. The third-order valence-corrected chi connectivity index (χ3v) is 7.74. The van der Waals surface area contributed by atoms with Gasteiger partial charge in [-0.2, -0.15) is 10.4 Å². The van der Waals surface area contributed by atoms with Crippen molar-refractivity contribution in [2.75, 3.05) is 36.4 Å². The predicted molar refractivity (Wildman–Crippen MR) is 150 cm³/mol. The largest absolute Gasteiger partial charge is 0.382 e. The van der Waals surface area contributed by atoms with Gasteiger partial charge < -0.3 is 15.1 Å². The Balaban J connectivity index is 1.19. The fraction of sp³-hybridized carbons (Fsp3) is 0.300. The highest BCUT2D eigenvalue weighted by Gasteiger charge is 2.25. The van der Waals surface area contributed by atoms with E-state index in [4.69, 9.17) is 5.26 Å². The van der Waals surface area contributed by atoms with Crippen molar-refractivity contribution < 1.29 is 9.18 Å². The van der Waals surface area contributed by atoms with E-state index in [1.165, 1.54) is 18.7 Å². The number of piperazine rings is 1. The van der Waals surface area contributed by atoms with Crippen LogP contribution in [0.15, 0.2) is 59.5 Å². The lowest BCUT2D eigenvalue weighted by molar-refractivity contribution is 0.0741. The molecule has 0 atom stereocenters. The number of amides is 1. The van der Waals surface area contributed by atoms with Crippen molar-refractivity contribution in [3.8, 4) is 6.07 Å². The molecule has 9 nitrogen and oxygen atoms in total. The van der Waals surface area contributed by atoms with Crippen LogP contribution in [0.25, 0.3) is 10.8 Å². The number of nitrogens with zero attached hydrogens (tertiary/aromatic N) is 5. The molecular weight excluding hydrogens is 509 g/mol. The van der Waals surface area contributed by atoms with Crippen molar-refractivity contribution in [1.29, 1.82) is 5.26 Å². The zero-order chi connectivity index (χ0) is 27.6. The minimum atomic E-state index is -0.573. The molecule has 4 aromatic rings. The highest BCUT2D eigenvalue weighted by atomic mass is 19.1. The first-order valence-electron chi connectivity index (χ1n) is 13.4. The maximum atomic E-state index is 14.9. The molecule has 2 aliphatic rings.